The fourth-order valence-electron chi connectivity index (χ4n) is 3.57. The Morgan fingerprint density at radius 1 is 1.21 bits per heavy atom. The molecule has 8 nitrogen and oxygen atoms in total. The first-order chi connectivity index (χ1) is 13.7. The van der Waals surface area contributed by atoms with Crippen molar-refractivity contribution < 1.29 is 13.3 Å². The molecule has 0 bridgehead atoms. The zero-order valence-electron chi connectivity index (χ0n) is 15.1. The summed E-state index contributed by atoms with van der Waals surface area (Å²) in [6.07, 6.45) is 1.57. The lowest BCUT2D eigenvalue weighted by atomic mass is 9.97. The van der Waals surface area contributed by atoms with Gasteiger partial charge in [-0.15, -0.1) is 11.3 Å². The lowest BCUT2D eigenvalue weighted by Crippen LogP contribution is -2.34. The van der Waals surface area contributed by atoms with E-state index in [1.807, 2.05) is 23.1 Å². The van der Waals surface area contributed by atoms with Gasteiger partial charge in [-0.1, -0.05) is 11.6 Å². The topological polar surface area (TPSA) is 119 Å². The number of sulfonamides is 1. The van der Waals surface area contributed by atoms with E-state index in [0.717, 1.165) is 34.1 Å². The van der Waals surface area contributed by atoms with E-state index in [1.54, 1.807) is 11.3 Å². The number of primary sulfonamides is 1. The van der Waals surface area contributed by atoms with Crippen LogP contribution in [0.25, 0.3) is 10.2 Å². The Bertz CT molecular complexity index is 1200. The molecule has 2 aromatic carbocycles. The molecule has 0 aliphatic carbocycles. The molecule has 1 aromatic heterocycles. The number of nitro benzene ring substituents is 1. The number of non-ortho nitro benzene ring substituents is 1. The van der Waals surface area contributed by atoms with E-state index < -0.39 is 14.9 Å². The van der Waals surface area contributed by atoms with Crippen LogP contribution in [0, 0.1) is 10.1 Å². The number of rotatable bonds is 4. The predicted octanol–water partition coefficient (Wildman–Crippen LogP) is 3.89. The molecular formula is C18H17ClN4O4S2. The number of nitrogens with zero attached hydrogens (tertiary/aromatic N) is 3. The molecule has 1 fully saturated rings. The van der Waals surface area contributed by atoms with E-state index in [-0.39, 0.29) is 16.5 Å². The molecule has 0 saturated carbocycles. The quantitative estimate of drug-likeness (QED) is 0.473. The van der Waals surface area contributed by atoms with Crippen molar-refractivity contribution in [1.82, 2.24) is 4.98 Å². The van der Waals surface area contributed by atoms with Crippen LogP contribution in [0.15, 0.2) is 41.3 Å². The molecule has 11 heteroatoms. The highest BCUT2D eigenvalue weighted by atomic mass is 35.5. The van der Waals surface area contributed by atoms with Crippen molar-refractivity contribution in [3.05, 3.63) is 56.5 Å². The second-order valence-electron chi connectivity index (χ2n) is 6.88. The number of nitrogens with two attached hydrogens (primary N) is 1. The molecule has 2 N–H and O–H groups in total. The van der Waals surface area contributed by atoms with Crippen molar-refractivity contribution in [3.8, 4) is 0 Å². The third-order valence-electron chi connectivity index (χ3n) is 5.01. The molecular weight excluding hydrogens is 436 g/mol. The van der Waals surface area contributed by atoms with Crippen molar-refractivity contribution in [1.29, 1.82) is 0 Å². The Morgan fingerprint density at radius 3 is 2.59 bits per heavy atom. The Balaban J connectivity index is 1.57. The maximum atomic E-state index is 12.0. The number of thiazole rings is 1. The Kier molecular flexibility index (Phi) is 5.19. The van der Waals surface area contributed by atoms with Crippen LogP contribution in [-0.4, -0.2) is 31.4 Å². The van der Waals surface area contributed by atoms with E-state index in [2.05, 4.69) is 0 Å². The highest BCUT2D eigenvalue weighted by Crippen LogP contribution is 2.37. The number of hydrogen-bond acceptors (Lipinski definition) is 7. The molecule has 0 radical (unpaired) electrons. The van der Waals surface area contributed by atoms with Crippen molar-refractivity contribution in [2.24, 2.45) is 5.14 Å². The fraction of sp³-hybridized carbons (Fsp3) is 0.278. The van der Waals surface area contributed by atoms with Gasteiger partial charge in [0, 0.05) is 36.2 Å². The van der Waals surface area contributed by atoms with Gasteiger partial charge < -0.3 is 4.90 Å². The van der Waals surface area contributed by atoms with Gasteiger partial charge in [-0.3, -0.25) is 10.1 Å². The summed E-state index contributed by atoms with van der Waals surface area (Å²) in [7, 11) is -4.09. The second kappa shape index (κ2) is 7.52. The number of hydrogen-bond donors (Lipinski definition) is 1. The van der Waals surface area contributed by atoms with Crippen molar-refractivity contribution in [2.75, 3.05) is 18.0 Å². The summed E-state index contributed by atoms with van der Waals surface area (Å²) in [5.41, 5.74) is 0.972. The average molecular weight is 453 g/mol. The largest absolute Gasteiger partial charge is 0.370 e. The Labute approximate surface area is 176 Å². The first-order valence-electron chi connectivity index (χ1n) is 8.84. The van der Waals surface area contributed by atoms with Crippen molar-refractivity contribution in [2.45, 2.75) is 23.7 Å². The van der Waals surface area contributed by atoms with Crippen LogP contribution < -0.4 is 10.0 Å². The van der Waals surface area contributed by atoms with Gasteiger partial charge in [0.25, 0.3) is 5.69 Å². The van der Waals surface area contributed by atoms with Crippen LogP contribution in [-0.2, 0) is 10.0 Å². The lowest BCUT2D eigenvalue weighted by molar-refractivity contribution is -0.385. The van der Waals surface area contributed by atoms with Gasteiger partial charge >= 0.3 is 0 Å². The lowest BCUT2D eigenvalue weighted by Gasteiger charge is -2.33. The molecule has 4 rings (SSSR count). The number of aromatic nitrogens is 1. The number of fused-ring (bicyclic) bond motifs is 1. The smallest absolute Gasteiger partial charge is 0.270 e. The van der Waals surface area contributed by atoms with Crippen LogP contribution in [0.3, 0.4) is 0 Å². The summed E-state index contributed by atoms with van der Waals surface area (Å²) in [6, 6.07) is 9.43. The zero-order valence-corrected chi connectivity index (χ0v) is 17.5. The minimum Gasteiger partial charge on any atom is -0.370 e. The standard InChI is InChI=1S/C18H17ClN4O4S2/c19-12-1-4-16-14(9-12)21-18(28-16)11-5-7-22(8-6-11)15-3-2-13(23(24)25)10-17(15)29(20,26)27/h1-4,9-11H,5-8H2,(H2,20,26,27). The Hall–Kier alpha value is -2.27. The predicted molar refractivity (Wildman–Crippen MR) is 113 cm³/mol. The normalized spacial score (nSPS) is 15.7. The maximum Gasteiger partial charge on any atom is 0.270 e. The molecule has 2 heterocycles. The SMILES string of the molecule is NS(=O)(=O)c1cc([N+](=O)[O-])ccc1N1CCC(c2nc3cc(Cl)ccc3s2)CC1. The van der Waals surface area contributed by atoms with Gasteiger partial charge in [0.15, 0.2) is 0 Å². The number of nitro groups is 1. The minimum absolute atomic E-state index is 0.222. The van der Waals surface area contributed by atoms with Crippen LogP contribution in [0.2, 0.25) is 5.02 Å². The first kappa shape index (κ1) is 20.0. The van der Waals surface area contributed by atoms with Gasteiger partial charge in [-0.2, -0.15) is 0 Å². The van der Waals surface area contributed by atoms with E-state index in [0.29, 0.717) is 23.8 Å². The number of anilines is 1. The molecule has 0 spiro atoms. The maximum absolute atomic E-state index is 12.0. The van der Waals surface area contributed by atoms with E-state index >= 15 is 0 Å². The zero-order chi connectivity index (χ0) is 20.8. The highest BCUT2D eigenvalue weighted by molar-refractivity contribution is 7.89. The summed E-state index contributed by atoms with van der Waals surface area (Å²) in [4.78, 5) is 16.8. The monoisotopic (exact) mass is 452 g/mol. The van der Waals surface area contributed by atoms with Gasteiger partial charge in [0.05, 0.1) is 25.8 Å². The van der Waals surface area contributed by atoms with Crippen LogP contribution in [0.1, 0.15) is 23.8 Å². The van der Waals surface area contributed by atoms with Crippen LogP contribution >= 0.6 is 22.9 Å². The number of benzene rings is 2. The van der Waals surface area contributed by atoms with Crippen molar-refractivity contribution >= 4 is 54.6 Å². The van der Waals surface area contributed by atoms with Crippen molar-refractivity contribution in [3.63, 3.8) is 0 Å². The third kappa shape index (κ3) is 4.06. The molecule has 1 aliphatic rings. The molecule has 3 aromatic rings. The molecule has 0 amide bonds. The van der Waals surface area contributed by atoms with Gasteiger partial charge in [-0.05, 0) is 37.1 Å². The molecule has 0 atom stereocenters. The fourth-order valence-corrected chi connectivity index (χ4v) is 5.62. The number of piperidine rings is 1. The van der Waals surface area contributed by atoms with E-state index in [9.17, 15) is 18.5 Å². The molecule has 29 heavy (non-hydrogen) atoms. The molecule has 1 saturated heterocycles. The summed E-state index contributed by atoms with van der Waals surface area (Å²) >= 11 is 7.68. The van der Waals surface area contributed by atoms with E-state index in [4.69, 9.17) is 21.7 Å². The van der Waals surface area contributed by atoms with Gasteiger partial charge in [0.2, 0.25) is 10.0 Å². The first-order valence-corrected chi connectivity index (χ1v) is 11.6. The molecule has 1 aliphatic heterocycles. The second-order valence-corrected chi connectivity index (χ2v) is 9.91. The third-order valence-corrected chi connectivity index (χ3v) is 7.39. The summed E-state index contributed by atoms with van der Waals surface area (Å²) in [5, 5.41) is 18.0. The van der Waals surface area contributed by atoms with Crippen LogP contribution in [0.4, 0.5) is 11.4 Å². The van der Waals surface area contributed by atoms with Crippen LogP contribution in [0.5, 0.6) is 0 Å². The Morgan fingerprint density at radius 2 is 1.93 bits per heavy atom. The molecule has 152 valence electrons. The summed E-state index contributed by atoms with van der Waals surface area (Å²) in [6.45, 7) is 1.20. The van der Waals surface area contributed by atoms with Gasteiger partial charge in [-0.25, -0.2) is 18.5 Å². The molecule has 0 unspecified atom stereocenters. The summed E-state index contributed by atoms with van der Waals surface area (Å²) in [5.74, 6) is 0.262. The minimum atomic E-state index is -4.09. The number of halogens is 1. The average Bonchev–Trinajstić information content (AvgIpc) is 3.10. The summed E-state index contributed by atoms with van der Waals surface area (Å²) < 4.78 is 25.1. The van der Waals surface area contributed by atoms with E-state index in [1.165, 1.54) is 12.1 Å². The highest BCUT2D eigenvalue weighted by Gasteiger charge is 2.28. The van der Waals surface area contributed by atoms with Gasteiger partial charge in [0.1, 0.15) is 4.90 Å².